The molecule has 2 amide bonds. The van der Waals surface area contributed by atoms with Crippen molar-refractivity contribution in [2.75, 3.05) is 10.6 Å². The van der Waals surface area contributed by atoms with E-state index in [2.05, 4.69) is 26.0 Å². The van der Waals surface area contributed by atoms with Crippen molar-refractivity contribution in [3.63, 3.8) is 0 Å². The normalized spacial score (nSPS) is 13.3. The highest BCUT2D eigenvalue weighted by molar-refractivity contribution is 5.99. The first kappa shape index (κ1) is 27.7. The summed E-state index contributed by atoms with van der Waals surface area (Å²) in [5.74, 6) is -1.55. The van der Waals surface area contributed by atoms with Crippen LogP contribution in [-0.2, 0) is 11.3 Å². The van der Waals surface area contributed by atoms with Crippen LogP contribution in [0.1, 0.15) is 58.8 Å². The number of primary amides is 1. The molecule has 200 valence electrons. The highest BCUT2D eigenvalue weighted by Gasteiger charge is 2.27. The molecule has 3 rings (SSSR count). The van der Waals surface area contributed by atoms with Crippen molar-refractivity contribution in [3.05, 3.63) is 41.8 Å². The smallest absolute Gasteiger partial charge is 0.407 e. The van der Waals surface area contributed by atoms with Crippen molar-refractivity contribution in [3.8, 4) is 0 Å². The molecule has 2 heterocycles. The van der Waals surface area contributed by atoms with E-state index in [-0.39, 0.29) is 23.1 Å². The van der Waals surface area contributed by atoms with E-state index in [0.29, 0.717) is 5.69 Å². The summed E-state index contributed by atoms with van der Waals surface area (Å²) in [6, 6.07) is 5.81. The Bertz CT molecular complexity index is 1280. The van der Waals surface area contributed by atoms with Gasteiger partial charge in [0.05, 0.1) is 17.3 Å². The molecule has 2 atom stereocenters. The number of pyridine rings is 1. The lowest BCUT2D eigenvalue weighted by Crippen LogP contribution is -2.49. The average Bonchev–Trinajstić information content (AvgIpc) is 3.19. The van der Waals surface area contributed by atoms with Crippen molar-refractivity contribution in [2.45, 2.75) is 72.7 Å². The van der Waals surface area contributed by atoms with Gasteiger partial charge in [-0.05, 0) is 64.8 Å². The number of halogens is 1. The molecule has 0 aliphatic rings. The van der Waals surface area contributed by atoms with Crippen LogP contribution in [0.25, 0.3) is 10.9 Å². The number of carbonyl (C=O) groups excluding carboxylic acids is 2. The highest BCUT2D eigenvalue weighted by Crippen LogP contribution is 2.27. The quantitative estimate of drug-likeness (QED) is 0.323. The van der Waals surface area contributed by atoms with Gasteiger partial charge in [0.1, 0.15) is 11.4 Å². The molecule has 0 saturated carbocycles. The fourth-order valence-corrected chi connectivity index (χ4v) is 4.04. The maximum atomic E-state index is 15.1. The fourth-order valence-electron chi connectivity index (χ4n) is 4.04. The summed E-state index contributed by atoms with van der Waals surface area (Å²) in [5, 5.41) is 14.2. The lowest BCUT2D eigenvalue weighted by molar-refractivity contribution is 0.0499. The lowest BCUT2D eigenvalue weighted by Gasteiger charge is -2.31. The molecule has 0 aliphatic carbocycles. The highest BCUT2D eigenvalue weighted by atomic mass is 19.1. The van der Waals surface area contributed by atoms with Crippen LogP contribution in [0.3, 0.4) is 0 Å². The van der Waals surface area contributed by atoms with Gasteiger partial charge in [-0.1, -0.05) is 13.8 Å². The first-order valence-corrected chi connectivity index (χ1v) is 12.3. The van der Waals surface area contributed by atoms with E-state index in [9.17, 15) is 9.59 Å². The third-order valence-corrected chi connectivity index (χ3v) is 5.75. The molecule has 0 unspecified atom stereocenters. The van der Waals surface area contributed by atoms with Crippen LogP contribution in [0, 0.1) is 11.7 Å². The number of rotatable bonds is 9. The molecule has 37 heavy (non-hydrogen) atoms. The van der Waals surface area contributed by atoms with Gasteiger partial charge in [-0.2, -0.15) is 5.10 Å². The molecule has 2 aromatic heterocycles. The number of anilines is 3. The number of hydrogen-bond acceptors (Lipinski definition) is 7. The number of carbonyl (C=O) groups is 2. The summed E-state index contributed by atoms with van der Waals surface area (Å²) in [4.78, 5) is 28.7. The number of ether oxygens (including phenoxy) is 1. The molecule has 1 aromatic carbocycles. The minimum atomic E-state index is -0.819. The Hall–Kier alpha value is -3.89. The number of aromatic nitrogens is 3. The maximum absolute atomic E-state index is 15.1. The zero-order valence-corrected chi connectivity index (χ0v) is 22.3. The van der Waals surface area contributed by atoms with Crippen LogP contribution >= 0.6 is 0 Å². The van der Waals surface area contributed by atoms with E-state index >= 15 is 4.39 Å². The number of aryl methyl sites for hydroxylation is 1. The van der Waals surface area contributed by atoms with Gasteiger partial charge in [-0.15, -0.1) is 0 Å². The maximum Gasteiger partial charge on any atom is 0.407 e. The SMILES string of the molecule is CCn1ncc2cc(Nc3nc(N[C@H](C(C)C)[C@H](C)NC(=O)OC(C)(C)C)c(F)cc3C(N)=O)ccc21. The Labute approximate surface area is 216 Å². The summed E-state index contributed by atoms with van der Waals surface area (Å²) >= 11 is 0. The van der Waals surface area contributed by atoms with Crippen molar-refractivity contribution >= 4 is 40.2 Å². The molecule has 0 spiro atoms. The van der Waals surface area contributed by atoms with Gasteiger partial charge in [-0.25, -0.2) is 14.2 Å². The zero-order chi connectivity index (χ0) is 27.5. The van der Waals surface area contributed by atoms with E-state index < -0.39 is 35.5 Å². The summed E-state index contributed by atoms with van der Waals surface area (Å²) in [6.45, 7) is 13.7. The number of fused-ring (bicyclic) bond motifs is 1. The van der Waals surface area contributed by atoms with E-state index in [1.54, 1.807) is 33.9 Å². The van der Waals surface area contributed by atoms with Crippen LogP contribution in [0.2, 0.25) is 0 Å². The summed E-state index contributed by atoms with van der Waals surface area (Å²) in [6.07, 6.45) is 1.17. The monoisotopic (exact) mass is 513 g/mol. The Morgan fingerprint density at radius 3 is 2.46 bits per heavy atom. The summed E-state index contributed by atoms with van der Waals surface area (Å²) in [7, 11) is 0. The van der Waals surface area contributed by atoms with Crippen LogP contribution in [0.4, 0.5) is 26.5 Å². The molecule has 0 radical (unpaired) electrons. The van der Waals surface area contributed by atoms with E-state index in [0.717, 1.165) is 23.5 Å². The molecule has 11 heteroatoms. The number of amides is 2. The van der Waals surface area contributed by atoms with Crippen molar-refractivity contribution in [1.82, 2.24) is 20.1 Å². The van der Waals surface area contributed by atoms with Crippen molar-refractivity contribution in [1.29, 1.82) is 0 Å². The summed E-state index contributed by atoms with van der Waals surface area (Å²) in [5.41, 5.74) is 6.38. The minimum Gasteiger partial charge on any atom is -0.444 e. The molecular weight excluding hydrogens is 477 g/mol. The Kier molecular flexibility index (Phi) is 8.25. The Balaban J connectivity index is 1.89. The number of alkyl carbamates (subject to hydrolysis) is 1. The van der Waals surface area contributed by atoms with Gasteiger partial charge < -0.3 is 26.4 Å². The largest absolute Gasteiger partial charge is 0.444 e. The van der Waals surface area contributed by atoms with Gasteiger partial charge >= 0.3 is 6.09 Å². The molecular formula is C26H36FN7O3. The van der Waals surface area contributed by atoms with Gasteiger partial charge in [0, 0.05) is 29.7 Å². The number of nitrogens with one attached hydrogen (secondary N) is 3. The first-order chi connectivity index (χ1) is 17.3. The average molecular weight is 514 g/mol. The zero-order valence-electron chi connectivity index (χ0n) is 22.3. The second-order valence-corrected chi connectivity index (χ2v) is 10.3. The Morgan fingerprint density at radius 2 is 1.86 bits per heavy atom. The topological polar surface area (TPSA) is 136 Å². The van der Waals surface area contributed by atoms with E-state index in [1.807, 2.05) is 43.7 Å². The third kappa shape index (κ3) is 6.87. The van der Waals surface area contributed by atoms with E-state index in [1.165, 1.54) is 0 Å². The van der Waals surface area contributed by atoms with Crippen molar-refractivity contribution < 1.29 is 18.7 Å². The standard InChI is InChI=1S/C26H36FN7O3/c1-8-34-20-10-9-17(11-16(20)13-29-34)31-23-18(22(28)35)12-19(27)24(33-23)32-21(14(2)3)15(4)30-25(36)37-26(5,6)7/h9-15,21H,8H2,1-7H3,(H2,28,35)(H,30,36)(H2,31,32,33)/t15-,21+/m0/s1. The number of nitrogens with two attached hydrogens (primary N) is 1. The second-order valence-electron chi connectivity index (χ2n) is 10.3. The molecule has 5 N–H and O–H groups in total. The molecule has 0 bridgehead atoms. The number of nitrogens with zero attached hydrogens (tertiary/aromatic N) is 3. The first-order valence-electron chi connectivity index (χ1n) is 12.3. The lowest BCUT2D eigenvalue weighted by atomic mass is 9.97. The molecule has 10 nitrogen and oxygen atoms in total. The number of benzene rings is 1. The van der Waals surface area contributed by atoms with Gasteiger partial charge in [0.15, 0.2) is 11.6 Å². The van der Waals surface area contributed by atoms with Gasteiger partial charge in [0.25, 0.3) is 5.91 Å². The van der Waals surface area contributed by atoms with Gasteiger partial charge in [-0.3, -0.25) is 9.48 Å². The predicted octanol–water partition coefficient (Wildman–Crippen LogP) is 4.78. The summed E-state index contributed by atoms with van der Waals surface area (Å²) < 4.78 is 22.3. The van der Waals surface area contributed by atoms with Gasteiger partial charge in [0.2, 0.25) is 0 Å². The Morgan fingerprint density at radius 1 is 1.16 bits per heavy atom. The molecule has 3 aromatic rings. The fraction of sp³-hybridized carbons (Fsp3) is 0.462. The predicted molar refractivity (Wildman–Crippen MR) is 142 cm³/mol. The van der Waals surface area contributed by atoms with Crippen LogP contribution in [0.5, 0.6) is 0 Å². The van der Waals surface area contributed by atoms with Crippen molar-refractivity contribution in [2.24, 2.45) is 11.7 Å². The second kappa shape index (κ2) is 11.0. The van der Waals surface area contributed by atoms with Crippen LogP contribution in [-0.4, -0.2) is 44.4 Å². The molecule has 0 aliphatic heterocycles. The third-order valence-electron chi connectivity index (χ3n) is 5.75. The minimum absolute atomic E-state index is 0.0177. The molecule has 0 fully saturated rings. The number of hydrogen-bond donors (Lipinski definition) is 4. The molecule has 0 saturated heterocycles. The van der Waals surface area contributed by atoms with Crippen LogP contribution < -0.4 is 21.7 Å². The van der Waals surface area contributed by atoms with Crippen LogP contribution in [0.15, 0.2) is 30.5 Å². The van der Waals surface area contributed by atoms with E-state index in [4.69, 9.17) is 10.5 Å².